The lowest BCUT2D eigenvalue weighted by Gasteiger charge is -2.35. The number of hydrogen-bond acceptors (Lipinski definition) is 3. The number of nitrogens with one attached hydrogen (secondary N) is 1. The summed E-state index contributed by atoms with van der Waals surface area (Å²) in [5.41, 5.74) is 3.55. The molecule has 0 bridgehead atoms. The molecule has 26 heavy (non-hydrogen) atoms. The van der Waals surface area contributed by atoms with Crippen LogP contribution in [0.25, 0.3) is 0 Å². The Hall–Kier alpha value is -2.15. The summed E-state index contributed by atoms with van der Waals surface area (Å²) in [6.45, 7) is 1.88. The van der Waals surface area contributed by atoms with Crippen LogP contribution in [0.1, 0.15) is 42.4 Å². The smallest absolute Gasteiger partial charge is 0.0823 e. The van der Waals surface area contributed by atoms with Gasteiger partial charge in [-0.2, -0.15) is 5.26 Å². The van der Waals surface area contributed by atoms with Crippen molar-refractivity contribution in [3.05, 3.63) is 71.3 Å². The predicted molar refractivity (Wildman–Crippen MR) is 107 cm³/mol. The zero-order valence-electron chi connectivity index (χ0n) is 15.9. The number of nitriles is 1. The molecule has 0 unspecified atom stereocenters. The van der Waals surface area contributed by atoms with Gasteiger partial charge in [0.05, 0.1) is 11.5 Å². The first-order chi connectivity index (χ1) is 12.6. The van der Waals surface area contributed by atoms with Crippen LogP contribution in [0.5, 0.6) is 0 Å². The van der Waals surface area contributed by atoms with E-state index in [0.29, 0.717) is 6.04 Å². The normalized spacial score (nSPS) is 22.9. The van der Waals surface area contributed by atoms with E-state index in [-0.39, 0.29) is 5.41 Å². The fourth-order valence-electron chi connectivity index (χ4n) is 3.93. The van der Waals surface area contributed by atoms with Crippen LogP contribution in [0.3, 0.4) is 0 Å². The zero-order chi connectivity index (χ0) is 18.4. The standard InChI is InChI=1S/C23H29N3/c1-26(2)17-20-10-8-19(9-11-20)16-25-22-12-14-23(18-24,15-13-22)21-6-4-3-5-7-21/h3-11,22,25H,12-17H2,1-2H3. The molecule has 136 valence electrons. The minimum absolute atomic E-state index is 0.298. The molecule has 3 heteroatoms. The maximum Gasteiger partial charge on any atom is 0.0823 e. The third-order valence-corrected chi connectivity index (χ3v) is 5.50. The monoisotopic (exact) mass is 347 g/mol. The van der Waals surface area contributed by atoms with Crippen LogP contribution in [-0.2, 0) is 18.5 Å². The van der Waals surface area contributed by atoms with Crippen molar-refractivity contribution in [2.24, 2.45) is 0 Å². The Bertz CT molecular complexity index is 720. The van der Waals surface area contributed by atoms with Gasteiger partial charge in [0.2, 0.25) is 0 Å². The Morgan fingerprint density at radius 2 is 1.62 bits per heavy atom. The second-order valence-corrected chi connectivity index (χ2v) is 7.77. The van der Waals surface area contributed by atoms with Gasteiger partial charge in [0, 0.05) is 19.1 Å². The van der Waals surface area contributed by atoms with Gasteiger partial charge in [-0.1, -0.05) is 54.6 Å². The van der Waals surface area contributed by atoms with Gasteiger partial charge in [0.1, 0.15) is 0 Å². The molecular formula is C23H29N3. The molecule has 1 saturated carbocycles. The van der Waals surface area contributed by atoms with Gasteiger partial charge in [0.15, 0.2) is 0 Å². The van der Waals surface area contributed by atoms with Crippen LogP contribution in [0.15, 0.2) is 54.6 Å². The summed E-state index contributed by atoms with van der Waals surface area (Å²) in [6, 6.07) is 22.3. The quantitative estimate of drug-likeness (QED) is 0.849. The van der Waals surface area contributed by atoms with Crippen molar-refractivity contribution in [1.82, 2.24) is 10.2 Å². The van der Waals surface area contributed by atoms with Crippen LogP contribution >= 0.6 is 0 Å². The topological polar surface area (TPSA) is 39.1 Å². The molecule has 1 aliphatic rings. The number of nitrogens with zero attached hydrogens (tertiary/aromatic N) is 2. The van der Waals surface area contributed by atoms with E-state index in [1.54, 1.807) is 0 Å². The molecule has 0 radical (unpaired) electrons. The van der Waals surface area contributed by atoms with E-state index >= 15 is 0 Å². The summed E-state index contributed by atoms with van der Waals surface area (Å²) < 4.78 is 0. The van der Waals surface area contributed by atoms with Crippen molar-refractivity contribution in [3.8, 4) is 6.07 Å². The van der Waals surface area contributed by atoms with Crippen molar-refractivity contribution >= 4 is 0 Å². The molecule has 3 rings (SSSR count). The molecule has 0 saturated heterocycles. The van der Waals surface area contributed by atoms with Gasteiger partial charge in [-0.05, 0) is 56.5 Å². The molecule has 1 aliphatic carbocycles. The third-order valence-electron chi connectivity index (χ3n) is 5.50. The first-order valence-electron chi connectivity index (χ1n) is 9.54. The van der Waals surface area contributed by atoms with Crippen LogP contribution in [-0.4, -0.2) is 25.0 Å². The molecule has 2 aromatic carbocycles. The second-order valence-electron chi connectivity index (χ2n) is 7.77. The molecule has 3 nitrogen and oxygen atoms in total. The highest BCUT2D eigenvalue weighted by atomic mass is 15.0. The molecule has 0 heterocycles. The summed E-state index contributed by atoms with van der Waals surface area (Å²) in [6.07, 6.45) is 3.99. The van der Waals surface area contributed by atoms with Crippen molar-refractivity contribution in [3.63, 3.8) is 0 Å². The van der Waals surface area contributed by atoms with Gasteiger partial charge in [-0.15, -0.1) is 0 Å². The maximum absolute atomic E-state index is 9.80. The molecular weight excluding hydrogens is 318 g/mol. The third kappa shape index (κ3) is 4.52. The predicted octanol–water partition coefficient (Wildman–Crippen LogP) is 4.24. The maximum atomic E-state index is 9.80. The summed E-state index contributed by atoms with van der Waals surface area (Å²) in [7, 11) is 4.19. The lowest BCUT2D eigenvalue weighted by molar-refractivity contribution is 0.294. The SMILES string of the molecule is CN(C)Cc1ccc(CNC2CCC(C#N)(c3ccccc3)CC2)cc1. The lowest BCUT2D eigenvalue weighted by Crippen LogP contribution is -2.38. The highest BCUT2D eigenvalue weighted by Gasteiger charge is 2.36. The first-order valence-corrected chi connectivity index (χ1v) is 9.54. The van der Waals surface area contributed by atoms with E-state index in [9.17, 15) is 5.26 Å². The van der Waals surface area contributed by atoms with Crippen molar-refractivity contribution in [2.75, 3.05) is 14.1 Å². The lowest BCUT2D eigenvalue weighted by atomic mass is 9.69. The van der Waals surface area contributed by atoms with E-state index < -0.39 is 0 Å². The molecule has 1 N–H and O–H groups in total. The summed E-state index contributed by atoms with van der Waals surface area (Å²) in [5, 5.41) is 13.5. The van der Waals surface area contributed by atoms with Gasteiger partial charge in [0.25, 0.3) is 0 Å². The average molecular weight is 348 g/mol. The molecule has 0 spiro atoms. The highest BCUT2D eigenvalue weighted by molar-refractivity contribution is 5.33. The van der Waals surface area contributed by atoms with E-state index in [0.717, 1.165) is 38.8 Å². The second kappa shape index (κ2) is 8.49. The number of hydrogen-bond donors (Lipinski definition) is 1. The molecule has 0 aromatic heterocycles. The fourth-order valence-corrected chi connectivity index (χ4v) is 3.93. The van der Waals surface area contributed by atoms with Gasteiger partial charge >= 0.3 is 0 Å². The molecule has 0 atom stereocenters. The van der Waals surface area contributed by atoms with Gasteiger partial charge < -0.3 is 10.2 Å². The average Bonchev–Trinajstić information content (AvgIpc) is 2.68. The molecule has 0 aliphatic heterocycles. The minimum atomic E-state index is -0.298. The van der Waals surface area contributed by atoms with Crippen molar-refractivity contribution < 1.29 is 0 Å². The zero-order valence-corrected chi connectivity index (χ0v) is 15.9. The molecule has 1 fully saturated rings. The van der Waals surface area contributed by atoms with Crippen LogP contribution in [0.2, 0.25) is 0 Å². The fraction of sp³-hybridized carbons (Fsp3) is 0.435. The Balaban J connectivity index is 1.52. The Morgan fingerprint density at radius 1 is 1.00 bits per heavy atom. The van der Waals surface area contributed by atoms with E-state index in [2.05, 4.69) is 66.8 Å². The molecule has 0 amide bonds. The van der Waals surface area contributed by atoms with E-state index in [1.807, 2.05) is 18.2 Å². The van der Waals surface area contributed by atoms with E-state index in [4.69, 9.17) is 0 Å². The van der Waals surface area contributed by atoms with Gasteiger partial charge in [-0.3, -0.25) is 0 Å². The van der Waals surface area contributed by atoms with Crippen LogP contribution < -0.4 is 5.32 Å². The van der Waals surface area contributed by atoms with Crippen LogP contribution in [0.4, 0.5) is 0 Å². The van der Waals surface area contributed by atoms with Crippen molar-refractivity contribution in [2.45, 2.75) is 50.2 Å². The number of rotatable bonds is 6. The summed E-state index contributed by atoms with van der Waals surface area (Å²) >= 11 is 0. The van der Waals surface area contributed by atoms with E-state index in [1.165, 1.54) is 16.7 Å². The molecule has 2 aromatic rings. The summed E-state index contributed by atoms with van der Waals surface area (Å²) in [5.74, 6) is 0. The largest absolute Gasteiger partial charge is 0.310 e. The summed E-state index contributed by atoms with van der Waals surface area (Å²) in [4.78, 5) is 2.18. The first kappa shape index (κ1) is 18.6. The number of benzene rings is 2. The Kier molecular flexibility index (Phi) is 6.08. The Morgan fingerprint density at radius 3 is 2.19 bits per heavy atom. The minimum Gasteiger partial charge on any atom is -0.310 e. The van der Waals surface area contributed by atoms with Gasteiger partial charge in [-0.25, -0.2) is 0 Å². The highest BCUT2D eigenvalue weighted by Crippen LogP contribution is 2.38. The van der Waals surface area contributed by atoms with Crippen LogP contribution in [0, 0.1) is 11.3 Å². The van der Waals surface area contributed by atoms with Crippen molar-refractivity contribution in [1.29, 1.82) is 5.26 Å². The Labute approximate surface area is 157 Å².